The molecule has 1 radical (unpaired) electrons. The highest BCUT2D eigenvalue weighted by Gasteiger charge is 2.12. The van der Waals surface area contributed by atoms with E-state index in [0.717, 1.165) is 5.56 Å². The van der Waals surface area contributed by atoms with E-state index in [2.05, 4.69) is 6.07 Å². The fraction of sp³-hybridized carbons (Fsp3) is 0.231. The van der Waals surface area contributed by atoms with Crippen LogP contribution in [0.3, 0.4) is 0 Å². The number of thiophene rings is 1. The highest BCUT2D eigenvalue weighted by Crippen LogP contribution is 2.29. The third kappa shape index (κ3) is 1.95. The zero-order chi connectivity index (χ0) is 10.8. The minimum absolute atomic E-state index is 0.133. The van der Waals surface area contributed by atoms with Crippen LogP contribution in [0.2, 0.25) is 0 Å². The normalized spacial score (nSPS) is 10.9. The maximum Gasteiger partial charge on any atom is 0.135 e. The van der Waals surface area contributed by atoms with Crippen LogP contribution in [0, 0.1) is 11.9 Å². The Morgan fingerprint density at radius 3 is 2.73 bits per heavy atom. The van der Waals surface area contributed by atoms with Crippen LogP contribution in [0.25, 0.3) is 11.1 Å². The van der Waals surface area contributed by atoms with E-state index in [-0.39, 0.29) is 11.7 Å². The van der Waals surface area contributed by atoms with E-state index >= 15 is 0 Å². The standard InChI is InChI=1S/C13H12FS/c1-9(2)11-4-3-5-12(13(11)14)10-6-7-15-8-10/h3,5-9H,1-2H3. The van der Waals surface area contributed by atoms with Gasteiger partial charge in [-0.15, -0.1) is 0 Å². The third-order valence-corrected chi connectivity index (χ3v) is 3.05. The highest BCUT2D eigenvalue weighted by molar-refractivity contribution is 7.08. The summed E-state index contributed by atoms with van der Waals surface area (Å²) in [5.74, 6) is 0.0366. The van der Waals surface area contributed by atoms with Gasteiger partial charge in [-0.1, -0.05) is 26.0 Å². The Bertz CT molecular complexity index is 444. The summed E-state index contributed by atoms with van der Waals surface area (Å²) in [5.41, 5.74) is 2.30. The molecule has 0 fully saturated rings. The molecule has 0 nitrogen and oxygen atoms in total. The molecule has 0 aliphatic carbocycles. The van der Waals surface area contributed by atoms with Crippen molar-refractivity contribution in [3.63, 3.8) is 0 Å². The van der Waals surface area contributed by atoms with Crippen molar-refractivity contribution in [1.29, 1.82) is 0 Å². The van der Waals surface area contributed by atoms with Crippen LogP contribution in [-0.4, -0.2) is 0 Å². The van der Waals surface area contributed by atoms with E-state index in [0.29, 0.717) is 11.1 Å². The van der Waals surface area contributed by atoms with Crippen LogP contribution < -0.4 is 0 Å². The molecule has 2 rings (SSSR count). The predicted octanol–water partition coefficient (Wildman–Crippen LogP) is 4.48. The van der Waals surface area contributed by atoms with Gasteiger partial charge < -0.3 is 0 Å². The molecule has 0 N–H and O–H groups in total. The molecule has 15 heavy (non-hydrogen) atoms. The van der Waals surface area contributed by atoms with Gasteiger partial charge in [-0.05, 0) is 39.9 Å². The summed E-state index contributed by atoms with van der Waals surface area (Å²) in [6, 6.07) is 8.48. The lowest BCUT2D eigenvalue weighted by molar-refractivity contribution is 0.601. The molecule has 0 spiro atoms. The Balaban J connectivity index is 2.54. The van der Waals surface area contributed by atoms with Gasteiger partial charge in [-0.3, -0.25) is 0 Å². The zero-order valence-electron chi connectivity index (χ0n) is 8.75. The summed E-state index contributed by atoms with van der Waals surface area (Å²) >= 11 is 1.58. The van der Waals surface area contributed by atoms with Crippen molar-refractivity contribution in [3.8, 4) is 11.1 Å². The van der Waals surface area contributed by atoms with Crippen molar-refractivity contribution in [2.75, 3.05) is 0 Å². The van der Waals surface area contributed by atoms with Crippen LogP contribution in [0.4, 0.5) is 4.39 Å². The Kier molecular flexibility index (Phi) is 2.87. The first kappa shape index (κ1) is 10.4. The maximum atomic E-state index is 14.1. The van der Waals surface area contributed by atoms with Gasteiger partial charge in [0.25, 0.3) is 0 Å². The average molecular weight is 219 g/mol. The van der Waals surface area contributed by atoms with Crippen molar-refractivity contribution < 1.29 is 4.39 Å². The smallest absolute Gasteiger partial charge is 0.135 e. The van der Waals surface area contributed by atoms with Gasteiger partial charge in [0.05, 0.1) is 0 Å². The van der Waals surface area contributed by atoms with E-state index in [9.17, 15) is 4.39 Å². The SMILES string of the molecule is CC(C)c1[c]ccc(-c2ccsc2)c1F. The van der Waals surface area contributed by atoms with Crippen LogP contribution in [0.1, 0.15) is 25.3 Å². The number of rotatable bonds is 2. The van der Waals surface area contributed by atoms with Crippen molar-refractivity contribution in [3.05, 3.63) is 46.4 Å². The first-order valence-electron chi connectivity index (χ1n) is 4.93. The van der Waals surface area contributed by atoms with Gasteiger partial charge in [-0.25, -0.2) is 4.39 Å². The molecule has 2 aromatic rings. The first-order chi connectivity index (χ1) is 7.20. The lowest BCUT2D eigenvalue weighted by Gasteiger charge is -2.09. The molecule has 0 saturated carbocycles. The van der Waals surface area contributed by atoms with Gasteiger partial charge >= 0.3 is 0 Å². The molecule has 1 aromatic heterocycles. The third-order valence-electron chi connectivity index (χ3n) is 2.37. The Hall–Kier alpha value is -1.15. The van der Waals surface area contributed by atoms with Crippen LogP contribution in [0.5, 0.6) is 0 Å². The molecule has 0 unspecified atom stereocenters. The summed E-state index contributed by atoms with van der Waals surface area (Å²) < 4.78 is 14.1. The average Bonchev–Trinajstić information content (AvgIpc) is 2.70. The summed E-state index contributed by atoms with van der Waals surface area (Å²) in [4.78, 5) is 0. The van der Waals surface area contributed by atoms with Crippen molar-refractivity contribution in [2.24, 2.45) is 0 Å². The molecule has 0 atom stereocenters. The van der Waals surface area contributed by atoms with Gasteiger partial charge in [0, 0.05) is 5.56 Å². The number of benzene rings is 1. The first-order valence-corrected chi connectivity index (χ1v) is 5.87. The molecule has 77 valence electrons. The molecular formula is C13H12FS. The molecule has 1 heterocycles. The minimum atomic E-state index is -0.133. The Morgan fingerprint density at radius 1 is 1.33 bits per heavy atom. The molecule has 2 heteroatoms. The number of hydrogen-bond donors (Lipinski definition) is 0. The van der Waals surface area contributed by atoms with Gasteiger partial charge in [-0.2, -0.15) is 11.3 Å². The van der Waals surface area contributed by atoms with Gasteiger partial charge in [0.15, 0.2) is 0 Å². The van der Waals surface area contributed by atoms with Crippen molar-refractivity contribution in [2.45, 2.75) is 19.8 Å². The van der Waals surface area contributed by atoms with Crippen LogP contribution in [0.15, 0.2) is 29.0 Å². The van der Waals surface area contributed by atoms with Gasteiger partial charge in [0.1, 0.15) is 5.82 Å². The monoisotopic (exact) mass is 219 g/mol. The Labute approximate surface area is 93.4 Å². The van der Waals surface area contributed by atoms with Crippen molar-refractivity contribution in [1.82, 2.24) is 0 Å². The van der Waals surface area contributed by atoms with Crippen LogP contribution in [-0.2, 0) is 0 Å². The highest BCUT2D eigenvalue weighted by atomic mass is 32.1. The lowest BCUT2D eigenvalue weighted by Crippen LogP contribution is -1.95. The quantitative estimate of drug-likeness (QED) is 0.698. The molecule has 1 aromatic carbocycles. The van der Waals surface area contributed by atoms with E-state index in [4.69, 9.17) is 0 Å². The fourth-order valence-electron chi connectivity index (χ4n) is 1.56. The summed E-state index contributed by atoms with van der Waals surface area (Å²) in [6.07, 6.45) is 0. The molecular weight excluding hydrogens is 207 g/mol. The second-order valence-corrected chi connectivity index (χ2v) is 4.57. The second-order valence-electron chi connectivity index (χ2n) is 3.79. The zero-order valence-corrected chi connectivity index (χ0v) is 9.57. The predicted molar refractivity (Wildman–Crippen MR) is 62.6 cm³/mol. The molecule has 0 amide bonds. The minimum Gasteiger partial charge on any atom is -0.206 e. The largest absolute Gasteiger partial charge is 0.206 e. The van der Waals surface area contributed by atoms with Gasteiger partial charge in [0.2, 0.25) is 0 Å². The van der Waals surface area contributed by atoms with Crippen molar-refractivity contribution >= 4 is 11.3 Å². The van der Waals surface area contributed by atoms with Crippen LogP contribution >= 0.6 is 11.3 Å². The molecule has 0 aliphatic rings. The summed E-state index contributed by atoms with van der Waals surface area (Å²) in [7, 11) is 0. The maximum absolute atomic E-state index is 14.1. The summed E-state index contributed by atoms with van der Waals surface area (Å²) in [6.45, 7) is 3.96. The lowest BCUT2D eigenvalue weighted by atomic mass is 9.97. The van der Waals surface area contributed by atoms with E-state index in [1.165, 1.54) is 0 Å². The molecule has 0 saturated heterocycles. The number of hydrogen-bond acceptors (Lipinski definition) is 1. The molecule has 0 aliphatic heterocycles. The number of halogens is 1. The molecule has 0 bridgehead atoms. The summed E-state index contributed by atoms with van der Waals surface area (Å²) in [5, 5.41) is 3.92. The fourth-order valence-corrected chi connectivity index (χ4v) is 2.21. The van der Waals surface area contributed by atoms with E-state index in [1.54, 1.807) is 23.5 Å². The Morgan fingerprint density at radius 2 is 2.13 bits per heavy atom. The topological polar surface area (TPSA) is 0 Å². The second kappa shape index (κ2) is 4.15. The van der Waals surface area contributed by atoms with E-state index in [1.807, 2.05) is 30.7 Å². The van der Waals surface area contributed by atoms with E-state index < -0.39 is 0 Å².